The van der Waals surface area contributed by atoms with Crippen LogP contribution < -0.4 is 15.2 Å². The van der Waals surface area contributed by atoms with E-state index in [0.717, 1.165) is 43.5 Å². The van der Waals surface area contributed by atoms with E-state index in [9.17, 15) is 0 Å². The van der Waals surface area contributed by atoms with Crippen molar-refractivity contribution >= 4 is 35.4 Å². The third-order valence-corrected chi connectivity index (χ3v) is 5.15. The smallest absolute Gasteiger partial charge is 0.229 e. The molecule has 2 aromatic rings. The molecule has 2 fully saturated rings. The number of nitrogens with zero attached hydrogens (tertiary/aromatic N) is 5. The van der Waals surface area contributed by atoms with Crippen molar-refractivity contribution in [1.82, 2.24) is 9.97 Å². The minimum absolute atomic E-state index is 0.677. The topological polar surface area (TPSA) is 56.7 Å². The third-order valence-electron chi connectivity index (χ3n) is 4.81. The summed E-state index contributed by atoms with van der Waals surface area (Å²) in [5.74, 6) is 2.49. The molecule has 1 N–H and O–H groups in total. The maximum atomic E-state index is 6.17. The molecular formula is C19H23ClN6. The van der Waals surface area contributed by atoms with E-state index in [4.69, 9.17) is 16.6 Å². The minimum Gasteiger partial charge on any atom is -0.356 e. The van der Waals surface area contributed by atoms with Gasteiger partial charge in [-0.1, -0.05) is 29.8 Å². The van der Waals surface area contributed by atoms with E-state index < -0.39 is 0 Å². The van der Waals surface area contributed by atoms with E-state index in [1.165, 1.54) is 25.7 Å². The minimum atomic E-state index is 0.677. The van der Waals surface area contributed by atoms with Crippen molar-refractivity contribution in [2.75, 3.05) is 41.4 Å². The van der Waals surface area contributed by atoms with Crippen LogP contribution in [0.3, 0.4) is 0 Å². The molecule has 6 nitrogen and oxygen atoms in total. The number of nitrogens with one attached hydrogen (secondary N) is 1. The van der Waals surface area contributed by atoms with Gasteiger partial charge in [-0.05, 0) is 31.7 Å². The molecule has 0 amide bonds. The van der Waals surface area contributed by atoms with E-state index in [-0.39, 0.29) is 0 Å². The van der Waals surface area contributed by atoms with Gasteiger partial charge in [0.05, 0.1) is 6.21 Å². The van der Waals surface area contributed by atoms with Gasteiger partial charge in [0, 0.05) is 42.8 Å². The van der Waals surface area contributed by atoms with E-state index in [2.05, 4.69) is 25.3 Å². The molecule has 4 rings (SSSR count). The van der Waals surface area contributed by atoms with Crippen LogP contribution in [0.15, 0.2) is 35.4 Å². The van der Waals surface area contributed by atoms with Crippen LogP contribution in [0.1, 0.15) is 31.2 Å². The molecule has 0 spiro atoms. The molecule has 1 aromatic heterocycles. The average molecular weight is 371 g/mol. The molecule has 7 heteroatoms. The number of hydrazone groups is 1. The van der Waals surface area contributed by atoms with Crippen molar-refractivity contribution in [3.05, 3.63) is 40.9 Å². The van der Waals surface area contributed by atoms with Crippen LogP contribution in [-0.4, -0.2) is 42.4 Å². The van der Waals surface area contributed by atoms with Crippen molar-refractivity contribution < 1.29 is 0 Å². The number of aromatic nitrogens is 2. The van der Waals surface area contributed by atoms with Gasteiger partial charge < -0.3 is 9.80 Å². The van der Waals surface area contributed by atoms with Crippen LogP contribution in [0.4, 0.5) is 17.6 Å². The summed E-state index contributed by atoms with van der Waals surface area (Å²) in [5, 5.41) is 5.00. The maximum Gasteiger partial charge on any atom is 0.229 e. The number of rotatable bonds is 5. The van der Waals surface area contributed by atoms with Gasteiger partial charge in [-0.15, -0.1) is 0 Å². The number of benzene rings is 1. The predicted molar refractivity (Wildman–Crippen MR) is 108 cm³/mol. The summed E-state index contributed by atoms with van der Waals surface area (Å²) in [7, 11) is 0. The first-order valence-electron chi connectivity index (χ1n) is 9.22. The number of halogens is 1. The molecule has 0 radical (unpaired) electrons. The van der Waals surface area contributed by atoms with Crippen LogP contribution in [0.2, 0.25) is 5.02 Å². The van der Waals surface area contributed by atoms with Gasteiger partial charge in [0.2, 0.25) is 5.95 Å². The quantitative estimate of drug-likeness (QED) is 0.641. The highest BCUT2D eigenvalue weighted by Gasteiger charge is 2.20. The molecule has 0 unspecified atom stereocenters. The Kier molecular flexibility index (Phi) is 5.20. The van der Waals surface area contributed by atoms with E-state index in [0.29, 0.717) is 10.8 Å². The lowest BCUT2D eigenvalue weighted by molar-refractivity contribution is 0.871. The lowest BCUT2D eigenvalue weighted by Gasteiger charge is -2.21. The molecule has 1 aromatic carbocycles. The SMILES string of the molecule is Clc1ccccc1C=NNc1cc(N2CCCC2)nc(N2CCCC2)n1. The van der Waals surface area contributed by atoms with Crippen LogP contribution in [0.25, 0.3) is 0 Å². The zero-order valence-electron chi connectivity index (χ0n) is 14.7. The molecule has 0 bridgehead atoms. The highest BCUT2D eigenvalue weighted by Crippen LogP contribution is 2.25. The molecular weight excluding hydrogens is 348 g/mol. The fourth-order valence-corrected chi connectivity index (χ4v) is 3.58. The highest BCUT2D eigenvalue weighted by molar-refractivity contribution is 6.33. The molecule has 136 valence electrons. The third kappa shape index (κ3) is 3.90. The lowest BCUT2D eigenvalue weighted by Crippen LogP contribution is -2.24. The van der Waals surface area contributed by atoms with Crippen molar-refractivity contribution in [3.63, 3.8) is 0 Å². The molecule has 0 aliphatic carbocycles. The first-order valence-corrected chi connectivity index (χ1v) is 9.60. The summed E-state index contributed by atoms with van der Waals surface area (Å²) in [5.41, 5.74) is 3.93. The van der Waals surface area contributed by atoms with Crippen molar-refractivity contribution in [3.8, 4) is 0 Å². The molecule has 0 atom stereocenters. The summed E-state index contributed by atoms with van der Waals surface area (Å²) in [6, 6.07) is 9.61. The number of anilines is 3. The van der Waals surface area contributed by atoms with Crippen LogP contribution in [0, 0.1) is 0 Å². The number of hydrogen-bond donors (Lipinski definition) is 1. The summed E-state index contributed by atoms with van der Waals surface area (Å²) < 4.78 is 0. The van der Waals surface area contributed by atoms with Gasteiger partial charge in [-0.25, -0.2) is 0 Å². The molecule has 3 heterocycles. The summed E-state index contributed by atoms with van der Waals surface area (Å²) in [6.45, 7) is 4.15. The van der Waals surface area contributed by atoms with Gasteiger partial charge in [-0.2, -0.15) is 15.1 Å². The average Bonchev–Trinajstić information content (AvgIpc) is 3.37. The summed E-state index contributed by atoms with van der Waals surface area (Å²) in [6.07, 6.45) is 6.55. The molecule has 2 aliphatic heterocycles. The second-order valence-corrected chi connectivity index (χ2v) is 7.10. The molecule has 2 aliphatic rings. The standard InChI is InChI=1S/C19H23ClN6/c20-16-8-2-1-7-15(16)14-21-24-17-13-18(25-9-3-4-10-25)23-19(22-17)26-11-5-6-12-26/h1-2,7-8,13-14H,3-6,9-12H2,(H,22,23,24). The second kappa shape index (κ2) is 7.91. The Bertz CT molecular complexity index is 747. The normalized spacial score (nSPS) is 17.4. The van der Waals surface area contributed by atoms with Gasteiger partial charge in [-0.3, -0.25) is 5.43 Å². The number of hydrogen-bond acceptors (Lipinski definition) is 6. The Morgan fingerprint density at radius 1 is 0.962 bits per heavy atom. The van der Waals surface area contributed by atoms with Crippen LogP contribution >= 0.6 is 11.6 Å². The van der Waals surface area contributed by atoms with E-state index in [1.54, 1.807) is 6.21 Å². The summed E-state index contributed by atoms with van der Waals surface area (Å²) >= 11 is 6.17. The first-order chi connectivity index (χ1) is 12.8. The van der Waals surface area contributed by atoms with E-state index in [1.807, 2.05) is 30.3 Å². The molecule has 0 saturated carbocycles. The molecule has 2 saturated heterocycles. The largest absolute Gasteiger partial charge is 0.356 e. The maximum absolute atomic E-state index is 6.17. The summed E-state index contributed by atoms with van der Waals surface area (Å²) in [4.78, 5) is 14.1. The fraction of sp³-hybridized carbons (Fsp3) is 0.421. The lowest BCUT2D eigenvalue weighted by atomic mass is 10.2. The van der Waals surface area contributed by atoms with Gasteiger partial charge in [0.15, 0.2) is 5.82 Å². The van der Waals surface area contributed by atoms with Crippen molar-refractivity contribution in [1.29, 1.82) is 0 Å². The van der Waals surface area contributed by atoms with Gasteiger partial charge >= 0.3 is 0 Å². The highest BCUT2D eigenvalue weighted by atomic mass is 35.5. The Balaban J connectivity index is 1.56. The fourth-order valence-electron chi connectivity index (χ4n) is 3.39. The monoisotopic (exact) mass is 370 g/mol. The van der Waals surface area contributed by atoms with Crippen molar-refractivity contribution in [2.24, 2.45) is 5.10 Å². The predicted octanol–water partition coefficient (Wildman–Crippen LogP) is 3.78. The Hall–Kier alpha value is -2.34. The van der Waals surface area contributed by atoms with Gasteiger partial charge in [0.1, 0.15) is 5.82 Å². The Morgan fingerprint density at radius 3 is 2.38 bits per heavy atom. The van der Waals surface area contributed by atoms with Crippen LogP contribution in [0.5, 0.6) is 0 Å². The van der Waals surface area contributed by atoms with Crippen molar-refractivity contribution in [2.45, 2.75) is 25.7 Å². The zero-order valence-corrected chi connectivity index (χ0v) is 15.5. The molecule has 26 heavy (non-hydrogen) atoms. The van der Waals surface area contributed by atoms with Crippen LogP contribution in [-0.2, 0) is 0 Å². The first kappa shape index (κ1) is 17.1. The Morgan fingerprint density at radius 2 is 1.65 bits per heavy atom. The second-order valence-electron chi connectivity index (χ2n) is 6.69. The Labute approximate surface area is 158 Å². The van der Waals surface area contributed by atoms with Gasteiger partial charge in [0.25, 0.3) is 0 Å². The zero-order chi connectivity index (χ0) is 17.8. The van der Waals surface area contributed by atoms with E-state index >= 15 is 0 Å².